The van der Waals surface area contributed by atoms with E-state index in [2.05, 4.69) is 32.0 Å². The van der Waals surface area contributed by atoms with Gasteiger partial charge in [0.2, 0.25) is 0 Å². The maximum Gasteiger partial charge on any atom is 0.198 e. The number of benzene rings is 1. The van der Waals surface area contributed by atoms with E-state index in [1.165, 1.54) is 5.56 Å². The van der Waals surface area contributed by atoms with Gasteiger partial charge in [-0.25, -0.2) is 4.98 Å². The number of fused-ring (bicyclic) bond motifs is 1. The van der Waals surface area contributed by atoms with Crippen molar-refractivity contribution in [2.45, 2.75) is 12.8 Å². The smallest absolute Gasteiger partial charge is 0.198 e. The Morgan fingerprint density at radius 1 is 1.25 bits per heavy atom. The number of aryl methyl sites for hydroxylation is 2. The lowest BCUT2D eigenvalue weighted by atomic mass is 10.1. The largest absolute Gasteiger partial charge is 0.497 e. The number of halogens is 1. The van der Waals surface area contributed by atoms with Gasteiger partial charge in [-0.2, -0.15) is 4.98 Å². The Kier molecular flexibility index (Phi) is 3.69. The van der Waals surface area contributed by atoms with Crippen molar-refractivity contribution in [3.8, 4) is 5.75 Å². The number of oxazole rings is 1. The van der Waals surface area contributed by atoms with Crippen molar-refractivity contribution in [1.29, 1.82) is 0 Å². The molecule has 5 heteroatoms. The van der Waals surface area contributed by atoms with E-state index in [9.17, 15) is 0 Å². The molecule has 0 saturated carbocycles. The molecule has 0 spiro atoms. The number of hydrogen-bond acceptors (Lipinski definition) is 4. The Bertz CT molecular complexity index is 740. The first kappa shape index (κ1) is 13.1. The van der Waals surface area contributed by atoms with Crippen molar-refractivity contribution in [1.82, 2.24) is 9.97 Å². The van der Waals surface area contributed by atoms with Crippen molar-refractivity contribution in [2.24, 2.45) is 0 Å². The lowest BCUT2D eigenvalue weighted by molar-refractivity contribution is 0.414. The van der Waals surface area contributed by atoms with E-state index in [0.29, 0.717) is 17.1 Å². The first-order valence-electron chi connectivity index (χ1n) is 6.28. The van der Waals surface area contributed by atoms with E-state index in [1.807, 2.05) is 24.3 Å². The molecule has 0 fully saturated rings. The quantitative estimate of drug-likeness (QED) is 0.729. The summed E-state index contributed by atoms with van der Waals surface area (Å²) in [5.74, 6) is 1.57. The minimum Gasteiger partial charge on any atom is -0.497 e. The van der Waals surface area contributed by atoms with Crippen LogP contribution in [-0.2, 0) is 12.8 Å². The van der Waals surface area contributed by atoms with Crippen molar-refractivity contribution in [2.75, 3.05) is 7.11 Å². The van der Waals surface area contributed by atoms with Crippen LogP contribution in [0.1, 0.15) is 11.5 Å². The molecule has 3 aromatic rings. The predicted molar refractivity (Wildman–Crippen MR) is 79.9 cm³/mol. The minimum atomic E-state index is 0.647. The maximum absolute atomic E-state index is 5.69. The van der Waals surface area contributed by atoms with E-state index in [-0.39, 0.29) is 0 Å². The van der Waals surface area contributed by atoms with Crippen molar-refractivity contribution in [3.05, 3.63) is 52.5 Å². The molecule has 0 N–H and O–H groups in total. The van der Waals surface area contributed by atoms with Crippen LogP contribution in [0.5, 0.6) is 5.75 Å². The number of pyridine rings is 1. The molecular formula is C15H13BrN2O2. The fourth-order valence-corrected chi connectivity index (χ4v) is 2.34. The van der Waals surface area contributed by atoms with Gasteiger partial charge < -0.3 is 9.15 Å². The molecule has 0 aliphatic carbocycles. The van der Waals surface area contributed by atoms with Crippen LogP contribution >= 0.6 is 15.9 Å². The van der Waals surface area contributed by atoms with E-state index in [0.717, 1.165) is 23.1 Å². The molecule has 2 aromatic heterocycles. The number of rotatable bonds is 4. The number of ether oxygens (including phenoxy) is 1. The minimum absolute atomic E-state index is 0.647. The SMILES string of the molecule is COc1cccc(CCc2nc3ncc(Br)cc3o2)c1. The molecule has 0 radical (unpaired) electrons. The van der Waals surface area contributed by atoms with Gasteiger partial charge in [-0.3, -0.25) is 0 Å². The zero-order valence-electron chi connectivity index (χ0n) is 11.0. The van der Waals surface area contributed by atoms with Crippen LogP contribution in [0, 0.1) is 0 Å². The number of nitrogens with zero attached hydrogens (tertiary/aromatic N) is 2. The van der Waals surface area contributed by atoms with Crippen LogP contribution in [0.3, 0.4) is 0 Å². The van der Waals surface area contributed by atoms with Gasteiger partial charge in [-0.1, -0.05) is 12.1 Å². The summed E-state index contributed by atoms with van der Waals surface area (Å²) in [6.07, 6.45) is 3.31. The van der Waals surface area contributed by atoms with Crippen LogP contribution in [0.2, 0.25) is 0 Å². The van der Waals surface area contributed by atoms with Gasteiger partial charge >= 0.3 is 0 Å². The van der Waals surface area contributed by atoms with Crippen LogP contribution in [0.4, 0.5) is 0 Å². The first-order chi connectivity index (χ1) is 9.74. The first-order valence-corrected chi connectivity index (χ1v) is 7.08. The van der Waals surface area contributed by atoms with Gasteiger partial charge in [0.25, 0.3) is 0 Å². The zero-order chi connectivity index (χ0) is 13.9. The molecule has 102 valence electrons. The molecule has 0 aliphatic rings. The average molecular weight is 333 g/mol. The topological polar surface area (TPSA) is 48.2 Å². The van der Waals surface area contributed by atoms with Gasteiger partial charge in [0.15, 0.2) is 17.1 Å². The number of aromatic nitrogens is 2. The molecule has 0 saturated heterocycles. The second-order valence-electron chi connectivity index (χ2n) is 4.43. The highest BCUT2D eigenvalue weighted by Gasteiger charge is 2.07. The highest BCUT2D eigenvalue weighted by Crippen LogP contribution is 2.20. The molecule has 2 heterocycles. The molecular weight excluding hydrogens is 320 g/mol. The monoisotopic (exact) mass is 332 g/mol. The second kappa shape index (κ2) is 5.63. The summed E-state index contributed by atoms with van der Waals surface area (Å²) in [4.78, 5) is 8.59. The molecule has 20 heavy (non-hydrogen) atoms. The summed E-state index contributed by atoms with van der Waals surface area (Å²) in [5, 5.41) is 0. The Balaban J connectivity index is 1.76. The zero-order valence-corrected chi connectivity index (χ0v) is 12.6. The highest BCUT2D eigenvalue weighted by atomic mass is 79.9. The Morgan fingerprint density at radius 2 is 2.15 bits per heavy atom. The lowest BCUT2D eigenvalue weighted by Crippen LogP contribution is -1.92. The van der Waals surface area contributed by atoms with Gasteiger partial charge in [0.05, 0.1) is 7.11 Å². The van der Waals surface area contributed by atoms with Gasteiger partial charge in [0.1, 0.15) is 5.75 Å². The van der Waals surface area contributed by atoms with E-state index in [4.69, 9.17) is 9.15 Å². The summed E-state index contributed by atoms with van der Waals surface area (Å²) in [7, 11) is 1.67. The van der Waals surface area contributed by atoms with Crippen molar-refractivity contribution in [3.63, 3.8) is 0 Å². The molecule has 0 bridgehead atoms. The fourth-order valence-electron chi connectivity index (χ4n) is 2.03. The molecule has 0 aliphatic heterocycles. The molecule has 0 unspecified atom stereocenters. The van der Waals surface area contributed by atoms with Gasteiger partial charge in [0, 0.05) is 23.2 Å². The summed E-state index contributed by atoms with van der Waals surface area (Å²) in [5.41, 5.74) is 2.55. The Morgan fingerprint density at radius 3 is 3.00 bits per heavy atom. The van der Waals surface area contributed by atoms with E-state index in [1.54, 1.807) is 13.3 Å². The van der Waals surface area contributed by atoms with E-state index >= 15 is 0 Å². The Labute approximate surface area is 124 Å². The third kappa shape index (κ3) is 2.82. The van der Waals surface area contributed by atoms with Crippen molar-refractivity contribution >= 4 is 27.2 Å². The lowest BCUT2D eigenvalue weighted by Gasteiger charge is -2.02. The maximum atomic E-state index is 5.69. The molecule has 0 amide bonds. The highest BCUT2D eigenvalue weighted by molar-refractivity contribution is 9.10. The van der Waals surface area contributed by atoms with E-state index < -0.39 is 0 Å². The van der Waals surface area contributed by atoms with Crippen LogP contribution in [-0.4, -0.2) is 17.1 Å². The summed E-state index contributed by atoms with van der Waals surface area (Å²) in [6.45, 7) is 0. The second-order valence-corrected chi connectivity index (χ2v) is 5.35. The van der Waals surface area contributed by atoms with Gasteiger partial charge in [-0.15, -0.1) is 0 Å². The molecule has 0 atom stereocenters. The molecule has 1 aromatic carbocycles. The summed E-state index contributed by atoms with van der Waals surface area (Å²) in [6, 6.07) is 9.89. The molecule has 4 nitrogen and oxygen atoms in total. The fraction of sp³-hybridized carbons (Fsp3) is 0.200. The normalized spacial score (nSPS) is 10.9. The van der Waals surface area contributed by atoms with Crippen LogP contribution in [0.25, 0.3) is 11.2 Å². The average Bonchev–Trinajstić information content (AvgIpc) is 2.87. The number of hydrogen-bond donors (Lipinski definition) is 0. The van der Waals surface area contributed by atoms with Crippen molar-refractivity contribution < 1.29 is 9.15 Å². The third-order valence-electron chi connectivity index (χ3n) is 3.02. The van der Waals surface area contributed by atoms with Gasteiger partial charge in [-0.05, 0) is 40.0 Å². The third-order valence-corrected chi connectivity index (χ3v) is 3.45. The van der Waals surface area contributed by atoms with Crippen LogP contribution in [0.15, 0.2) is 45.4 Å². The summed E-state index contributed by atoms with van der Waals surface area (Å²) < 4.78 is 11.8. The number of methoxy groups -OCH3 is 1. The van der Waals surface area contributed by atoms with Crippen LogP contribution < -0.4 is 4.74 Å². The molecule has 3 rings (SSSR count). The standard InChI is InChI=1S/C15H13BrN2O2/c1-19-12-4-2-3-10(7-12)5-6-14-18-15-13(20-14)8-11(16)9-17-15/h2-4,7-9H,5-6H2,1H3. The predicted octanol–water partition coefficient (Wildman–Crippen LogP) is 3.78. The Hall–Kier alpha value is -1.88. The summed E-state index contributed by atoms with van der Waals surface area (Å²) >= 11 is 3.37.